The van der Waals surface area contributed by atoms with Crippen molar-refractivity contribution in [2.45, 2.75) is 19.1 Å². The maximum Gasteiger partial charge on any atom is 0.267 e. The maximum absolute atomic E-state index is 11.0. The van der Waals surface area contributed by atoms with Gasteiger partial charge in [-0.1, -0.05) is 6.92 Å². The highest BCUT2D eigenvalue weighted by Crippen LogP contribution is 2.33. The summed E-state index contributed by atoms with van der Waals surface area (Å²) >= 11 is 0. The van der Waals surface area contributed by atoms with Crippen molar-refractivity contribution in [1.29, 1.82) is 0 Å². The number of nitrogens with two attached hydrogens (primary N) is 1. The second-order valence-electron chi connectivity index (χ2n) is 3.79. The number of nitrogens with one attached hydrogen (secondary N) is 1. The Balaban J connectivity index is 2.30. The van der Waals surface area contributed by atoms with Gasteiger partial charge in [0, 0.05) is 11.5 Å². The number of aliphatic hydroxyl groups is 1. The van der Waals surface area contributed by atoms with Crippen LogP contribution in [0.15, 0.2) is 6.20 Å². The number of amides is 1. The number of H-pyrrole nitrogens is 1. The molecule has 6 heteroatoms. The zero-order valence-corrected chi connectivity index (χ0v) is 8.30. The summed E-state index contributed by atoms with van der Waals surface area (Å²) in [5.41, 5.74) is 5.89. The van der Waals surface area contributed by atoms with Gasteiger partial charge in [-0.15, -0.1) is 0 Å². The van der Waals surface area contributed by atoms with Crippen LogP contribution in [-0.4, -0.2) is 33.9 Å². The molecule has 4 N–H and O–H groups in total. The summed E-state index contributed by atoms with van der Waals surface area (Å²) in [4.78, 5) is 11.0. The molecule has 3 atom stereocenters. The molecule has 1 aromatic rings. The highest BCUT2D eigenvalue weighted by atomic mass is 16.5. The summed E-state index contributed by atoms with van der Waals surface area (Å²) in [5, 5.41) is 16.0. The molecule has 0 aliphatic carbocycles. The van der Waals surface area contributed by atoms with Crippen LogP contribution in [0.25, 0.3) is 0 Å². The molecule has 6 nitrogen and oxygen atoms in total. The number of primary amides is 1. The highest BCUT2D eigenvalue weighted by Gasteiger charge is 2.36. The van der Waals surface area contributed by atoms with Gasteiger partial charge < -0.3 is 15.6 Å². The predicted octanol–water partition coefficient (Wildman–Crippen LogP) is -0.423. The molecule has 1 aliphatic heterocycles. The monoisotopic (exact) mass is 211 g/mol. The fourth-order valence-corrected chi connectivity index (χ4v) is 1.73. The minimum Gasteiger partial charge on any atom is -0.390 e. The van der Waals surface area contributed by atoms with Crippen LogP contribution in [0, 0.1) is 5.92 Å². The molecule has 1 saturated heterocycles. The predicted molar refractivity (Wildman–Crippen MR) is 51.0 cm³/mol. The molecule has 1 aliphatic rings. The Hall–Kier alpha value is -1.40. The first-order valence-electron chi connectivity index (χ1n) is 4.74. The summed E-state index contributed by atoms with van der Waals surface area (Å²) < 4.78 is 5.39. The molecule has 0 saturated carbocycles. The minimum atomic E-state index is -0.624. The van der Waals surface area contributed by atoms with Gasteiger partial charge in [-0.05, 0) is 0 Å². The Bertz CT molecular complexity index is 376. The Kier molecular flexibility index (Phi) is 2.45. The highest BCUT2D eigenvalue weighted by molar-refractivity contribution is 5.92. The first-order valence-corrected chi connectivity index (χ1v) is 4.74. The van der Waals surface area contributed by atoms with E-state index in [2.05, 4.69) is 10.2 Å². The number of aromatic amines is 1. The molecular weight excluding hydrogens is 198 g/mol. The summed E-state index contributed by atoms with van der Waals surface area (Å²) in [5.74, 6) is -0.552. The number of aromatic nitrogens is 2. The standard InChI is InChI=1S/C9H13N3O3/c1-4-3-15-8(7(4)13)5-2-11-12-6(5)9(10)14/h2,4,7-8,13H,3H2,1H3,(H2,10,14)(H,11,12)/t4-,7+,8+/m0/s1. The molecule has 1 aromatic heterocycles. The number of rotatable bonds is 2. The first-order chi connectivity index (χ1) is 7.11. The van der Waals surface area contributed by atoms with Gasteiger partial charge in [-0.3, -0.25) is 9.89 Å². The Morgan fingerprint density at radius 3 is 3.07 bits per heavy atom. The Labute approximate surface area is 86.4 Å². The smallest absolute Gasteiger partial charge is 0.267 e. The number of aliphatic hydroxyl groups excluding tert-OH is 1. The molecule has 0 bridgehead atoms. The van der Waals surface area contributed by atoms with E-state index in [1.165, 1.54) is 6.20 Å². The lowest BCUT2D eigenvalue weighted by Crippen LogP contribution is -2.21. The van der Waals surface area contributed by atoms with Crippen LogP contribution in [-0.2, 0) is 4.74 Å². The van der Waals surface area contributed by atoms with Gasteiger partial charge in [0.1, 0.15) is 11.8 Å². The quantitative estimate of drug-likeness (QED) is 0.618. The number of carbonyl (C=O) groups is 1. The van der Waals surface area contributed by atoms with Gasteiger partial charge in [0.25, 0.3) is 5.91 Å². The van der Waals surface area contributed by atoms with Crippen molar-refractivity contribution in [2.75, 3.05) is 6.61 Å². The van der Waals surface area contributed by atoms with E-state index in [-0.39, 0.29) is 11.6 Å². The third-order valence-electron chi connectivity index (χ3n) is 2.65. The number of carbonyl (C=O) groups excluding carboxylic acids is 1. The van der Waals surface area contributed by atoms with Crippen LogP contribution in [0.3, 0.4) is 0 Å². The van der Waals surface area contributed by atoms with Crippen molar-refractivity contribution in [3.63, 3.8) is 0 Å². The van der Waals surface area contributed by atoms with E-state index < -0.39 is 18.1 Å². The fourth-order valence-electron chi connectivity index (χ4n) is 1.73. The van der Waals surface area contributed by atoms with Gasteiger partial charge >= 0.3 is 0 Å². The van der Waals surface area contributed by atoms with Crippen molar-refractivity contribution in [2.24, 2.45) is 11.7 Å². The molecule has 0 spiro atoms. The normalized spacial score (nSPS) is 30.7. The van der Waals surface area contributed by atoms with Crippen molar-refractivity contribution in [1.82, 2.24) is 10.2 Å². The van der Waals surface area contributed by atoms with E-state index >= 15 is 0 Å². The third kappa shape index (κ3) is 1.62. The van der Waals surface area contributed by atoms with Crippen molar-refractivity contribution >= 4 is 5.91 Å². The Morgan fingerprint density at radius 1 is 1.80 bits per heavy atom. The fraction of sp³-hybridized carbons (Fsp3) is 0.556. The summed E-state index contributed by atoms with van der Waals surface area (Å²) in [7, 11) is 0. The van der Waals surface area contributed by atoms with E-state index in [0.717, 1.165) is 0 Å². The molecule has 2 heterocycles. The topological polar surface area (TPSA) is 101 Å². The van der Waals surface area contributed by atoms with E-state index in [9.17, 15) is 9.90 Å². The average molecular weight is 211 g/mol. The second kappa shape index (κ2) is 3.63. The lowest BCUT2D eigenvalue weighted by Gasteiger charge is -2.14. The molecule has 82 valence electrons. The van der Waals surface area contributed by atoms with Crippen LogP contribution < -0.4 is 5.73 Å². The van der Waals surface area contributed by atoms with Gasteiger partial charge in [-0.25, -0.2) is 0 Å². The van der Waals surface area contributed by atoms with E-state index in [1.807, 2.05) is 6.92 Å². The average Bonchev–Trinajstić information content (AvgIpc) is 2.75. The van der Waals surface area contributed by atoms with E-state index in [4.69, 9.17) is 10.5 Å². The lowest BCUT2D eigenvalue weighted by atomic mass is 9.99. The third-order valence-corrected chi connectivity index (χ3v) is 2.65. The van der Waals surface area contributed by atoms with E-state index in [0.29, 0.717) is 12.2 Å². The van der Waals surface area contributed by atoms with Crippen LogP contribution in [0.5, 0.6) is 0 Å². The maximum atomic E-state index is 11.0. The number of ether oxygens (including phenoxy) is 1. The van der Waals surface area contributed by atoms with Gasteiger partial charge in [0.2, 0.25) is 0 Å². The molecule has 0 radical (unpaired) electrons. The molecule has 1 fully saturated rings. The summed E-state index contributed by atoms with van der Waals surface area (Å²) in [6, 6.07) is 0. The number of nitrogens with zero attached hydrogens (tertiary/aromatic N) is 1. The minimum absolute atomic E-state index is 0.0469. The van der Waals surface area contributed by atoms with Crippen LogP contribution in [0.1, 0.15) is 29.1 Å². The second-order valence-corrected chi connectivity index (χ2v) is 3.79. The van der Waals surface area contributed by atoms with Gasteiger partial charge in [0.15, 0.2) is 0 Å². The Morgan fingerprint density at radius 2 is 2.53 bits per heavy atom. The number of hydrogen-bond donors (Lipinski definition) is 3. The molecule has 2 rings (SSSR count). The number of hydrogen-bond acceptors (Lipinski definition) is 4. The molecule has 0 unspecified atom stereocenters. The summed E-state index contributed by atoms with van der Waals surface area (Å²) in [6.07, 6.45) is 0.327. The summed E-state index contributed by atoms with van der Waals surface area (Å²) in [6.45, 7) is 2.35. The molecular formula is C9H13N3O3. The van der Waals surface area contributed by atoms with Crippen molar-refractivity contribution in [3.05, 3.63) is 17.5 Å². The van der Waals surface area contributed by atoms with Crippen molar-refractivity contribution < 1.29 is 14.6 Å². The van der Waals surface area contributed by atoms with Gasteiger partial charge in [-0.2, -0.15) is 5.10 Å². The van der Waals surface area contributed by atoms with Crippen LogP contribution in [0.4, 0.5) is 0 Å². The van der Waals surface area contributed by atoms with Crippen molar-refractivity contribution in [3.8, 4) is 0 Å². The SMILES string of the molecule is C[C@H]1CO[C@H](c2cn[nH]c2C(N)=O)[C@@H]1O. The molecule has 0 aromatic carbocycles. The zero-order valence-electron chi connectivity index (χ0n) is 8.30. The van der Waals surface area contributed by atoms with Crippen LogP contribution >= 0.6 is 0 Å². The molecule has 1 amide bonds. The zero-order chi connectivity index (χ0) is 11.0. The molecule has 15 heavy (non-hydrogen) atoms. The van der Waals surface area contributed by atoms with Crippen LogP contribution in [0.2, 0.25) is 0 Å². The van der Waals surface area contributed by atoms with Gasteiger partial charge in [0.05, 0.1) is 18.9 Å². The lowest BCUT2D eigenvalue weighted by molar-refractivity contribution is 0.0382. The largest absolute Gasteiger partial charge is 0.390 e. The van der Waals surface area contributed by atoms with E-state index in [1.54, 1.807) is 0 Å². The first kappa shape index (κ1) is 10.1.